The summed E-state index contributed by atoms with van der Waals surface area (Å²) in [6.07, 6.45) is 3.26. The van der Waals surface area contributed by atoms with E-state index < -0.39 is 0 Å². The van der Waals surface area contributed by atoms with E-state index in [0.717, 1.165) is 0 Å². The molecule has 0 fully saturated rings. The third-order valence-electron chi connectivity index (χ3n) is 0.931. The minimum atomic E-state index is 0.662. The molecule has 0 bridgehead atoms. The van der Waals surface area contributed by atoms with Gasteiger partial charge in [-0.3, -0.25) is 4.72 Å². The topological polar surface area (TPSA) is 12.0 Å². The minimum absolute atomic E-state index is 0.662. The lowest BCUT2D eigenvalue weighted by atomic mass is 10.3. The second kappa shape index (κ2) is 4.47. The molecule has 0 aliphatic rings. The van der Waals surface area contributed by atoms with Gasteiger partial charge in [0, 0.05) is 6.04 Å². The van der Waals surface area contributed by atoms with Gasteiger partial charge in [0.05, 0.1) is 0 Å². The first-order valence-electron chi connectivity index (χ1n) is 2.59. The summed E-state index contributed by atoms with van der Waals surface area (Å²) in [6, 6.07) is 0.662. The summed E-state index contributed by atoms with van der Waals surface area (Å²) in [5.41, 5.74) is 0. The number of nitrogens with one attached hydrogen (secondary N) is 1. The van der Waals surface area contributed by atoms with E-state index in [0.29, 0.717) is 6.04 Å². The van der Waals surface area contributed by atoms with Crippen molar-refractivity contribution in [1.29, 1.82) is 0 Å². The Kier molecular flexibility index (Phi) is 4.67. The molecular formula is C5H13NS. The molecule has 0 heterocycles. The van der Waals surface area contributed by atoms with Gasteiger partial charge in [-0.15, -0.1) is 0 Å². The first-order valence-corrected chi connectivity index (χ1v) is 3.82. The molecule has 0 saturated carbocycles. The van der Waals surface area contributed by atoms with Crippen molar-refractivity contribution in [1.82, 2.24) is 4.72 Å². The molecule has 1 nitrogen and oxygen atoms in total. The molecule has 0 aromatic carbocycles. The van der Waals surface area contributed by atoms with Crippen LogP contribution >= 0.6 is 11.9 Å². The smallest absolute Gasteiger partial charge is 0.0140 e. The molecule has 2 heteroatoms. The molecule has 7 heavy (non-hydrogen) atoms. The zero-order chi connectivity index (χ0) is 5.70. The minimum Gasteiger partial charge on any atom is -0.262 e. The summed E-state index contributed by atoms with van der Waals surface area (Å²) in [4.78, 5) is 0. The van der Waals surface area contributed by atoms with Crippen LogP contribution in [0.25, 0.3) is 0 Å². The average Bonchev–Trinajstić information content (AvgIpc) is 1.68. The van der Waals surface area contributed by atoms with Crippen LogP contribution in [0.2, 0.25) is 0 Å². The van der Waals surface area contributed by atoms with Crippen LogP contribution in [-0.2, 0) is 0 Å². The van der Waals surface area contributed by atoms with E-state index in [2.05, 4.69) is 18.6 Å². The summed E-state index contributed by atoms with van der Waals surface area (Å²) < 4.78 is 3.21. The first kappa shape index (κ1) is 7.31. The normalized spacial score (nSPS) is 14.1. The highest BCUT2D eigenvalue weighted by Gasteiger charge is 1.90. The maximum absolute atomic E-state index is 3.21. The number of hydrogen-bond acceptors (Lipinski definition) is 2. The van der Waals surface area contributed by atoms with Crippen LogP contribution < -0.4 is 4.72 Å². The molecule has 0 amide bonds. The van der Waals surface area contributed by atoms with E-state index in [9.17, 15) is 0 Å². The second-order valence-corrected chi connectivity index (χ2v) is 2.28. The molecule has 0 spiro atoms. The predicted octanol–water partition coefficient (Wildman–Crippen LogP) is 1.65. The Morgan fingerprint density at radius 3 is 2.43 bits per heavy atom. The van der Waals surface area contributed by atoms with Crippen molar-refractivity contribution >= 4 is 11.9 Å². The van der Waals surface area contributed by atoms with Gasteiger partial charge in [0.1, 0.15) is 0 Å². The highest BCUT2D eigenvalue weighted by molar-refractivity contribution is 7.96. The fourth-order valence-electron chi connectivity index (χ4n) is 0.285. The Morgan fingerprint density at radius 2 is 2.29 bits per heavy atom. The zero-order valence-electron chi connectivity index (χ0n) is 5.19. The van der Waals surface area contributed by atoms with Gasteiger partial charge in [-0.2, -0.15) is 0 Å². The van der Waals surface area contributed by atoms with Crippen molar-refractivity contribution in [3.8, 4) is 0 Å². The summed E-state index contributed by atoms with van der Waals surface area (Å²) >= 11 is 1.68. The molecule has 44 valence electrons. The highest BCUT2D eigenvalue weighted by atomic mass is 32.2. The molecule has 0 radical (unpaired) electrons. The highest BCUT2D eigenvalue weighted by Crippen LogP contribution is 1.92. The SMILES string of the molecule is CC[C@@H](C)NSC. The summed E-state index contributed by atoms with van der Waals surface area (Å²) in [5.74, 6) is 0. The van der Waals surface area contributed by atoms with E-state index in [1.54, 1.807) is 11.9 Å². The molecule has 0 aromatic rings. The van der Waals surface area contributed by atoms with Gasteiger partial charge in [0.15, 0.2) is 0 Å². The fourth-order valence-corrected chi connectivity index (χ4v) is 0.854. The van der Waals surface area contributed by atoms with Crippen molar-refractivity contribution in [2.24, 2.45) is 0 Å². The van der Waals surface area contributed by atoms with E-state index in [4.69, 9.17) is 0 Å². The van der Waals surface area contributed by atoms with Crippen molar-refractivity contribution in [3.63, 3.8) is 0 Å². The number of rotatable bonds is 3. The van der Waals surface area contributed by atoms with Crippen LogP contribution in [0.3, 0.4) is 0 Å². The van der Waals surface area contributed by atoms with E-state index >= 15 is 0 Å². The average molecular weight is 119 g/mol. The third-order valence-corrected chi connectivity index (χ3v) is 1.57. The molecule has 0 rings (SSSR count). The molecular weight excluding hydrogens is 106 g/mol. The molecule has 1 atom stereocenters. The Morgan fingerprint density at radius 1 is 1.71 bits per heavy atom. The van der Waals surface area contributed by atoms with Gasteiger partial charge in [-0.25, -0.2) is 0 Å². The van der Waals surface area contributed by atoms with Crippen molar-refractivity contribution in [2.45, 2.75) is 26.3 Å². The van der Waals surface area contributed by atoms with Crippen LogP contribution in [-0.4, -0.2) is 12.3 Å². The van der Waals surface area contributed by atoms with Gasteiger partial charge in [-0.05, 0) is 19.6 Å². The molecule has 0 saturated heterocycles. The Bertz CT molecular complexity index is 39.1. The standard InChI is InChI=1S/C5H13NS/c1-4-5(2)6-7-3/h5-6H,4H2,1-3H3/t5-/m1/s1. The van der Waals surface area contributed by atoms with Crippen molar-refractivity contribution in [3.05, 3.63) is 0 Å². The summed E-state index contributed by atoms with van der Waals surface area (Å²) in [5, 5.41) is 0. The van der Waals surface area contributed by atoms with E-state index in [1.807, 2.05) is 6.26 Å². The van der Waals surface area contributed by atoms with Gasteiger partial charge >= 0.3 is 0 Å². The molecule has 0 unspecified atom stereocenters. The largest absolute Gasteiger partial charge is 0.262 e. The van der Waals surface area contributed by atoms with Gasteiger partial charge in [-0.1, -0.05) is 18.9 Å². The Balaban J connectivity index is 2.83. The molecule has 0 aliphatic heterocycles. The lowest BCUT2D eigenvalue weighted by molar-refractivity contribution is 0.670. The quantitative estimate of drug-likeness (QED) is 0.567. The van der Waals surface area contributed by atoms with E-state index in [-0.39, 0.29) is 0 Å². The summed E-state index contributed by atoms with van der Waals surface area (Å²) in [7, 11) is 0. The molecule has 0 aromatic heterocycles. The fraction of sp³-hybridized carbons (Fsp3) is 1.00. The predicted molar refractivity (Wildman–Crippen MR) is 36.4 cm³/mol. The summed E-state index contributed by atoms with van der Waals surface area (Å²) in [6.45, 7) is 4.35. The zero-order valence-corrected chi connectivity index (χ0v) is 6.01. The maximum atomic E-state index is 3.21. The van der Waals surface area contributed by atoms with Crippen LogP contribution in [0.15, 0.2) is 0 Å². The Labute approximate surface area is 50.0 Å². The Hall–Kier alpha value is 0.310. The van der Waals surface area contributed by atoms with Crippen molar-refractivity contribution in [2.75, 3.05) is 6.26 Å². The molecule has 0 aliphatic carbocycles. The number of hydrogen-bond donors (Lipinski definition) is 1. The van der Waals surface area contributed by atoms with Gasteiger partial charge in [0.25, 0.3) is 0 Å². The van der Waals surface area contributed by atoms with E-state index in [1.165, 1.54) is 6.42 Å². The van der Waals surface area contributed by atoms with Crippen LogP contribution in [0.5, 0.6) is 0 Å². The third kappa shape index (κ3) is 4.16. The maximum Gasteiger partial charge on any atom is 0.0140 e. The van der Waals surface area contributed by atoms with Crippen LogP contribution in [0.1, 0.15) is 20.3 Å². The van der Waals surface area contributed by atoms with Crippen molar-refractivity contribution < 1.29 is 0 Å². The van der Waals surface area contributed by atoms with Crippen LogP contribution in [0.4, 0.5) is 0 Å². The second-order valence-electron chi connectivity index (χ2n) is 1.63. The lowest BCUT2D eigenvalue weighted by Gasteiger charge is -2.05. The van der Waals surface area contributed by atoms with Crippen LogP contribution in [0, 0.1) is 0 Å². The van der Waals surface area contributed by atoms with Gasteiger partial charge in [0.2, 0.25) is 0 Å². The monoisotopic (exact) mass is 119 g/mol. The first-order chi connectivity index (χ1) is 3.31. The lowest BCUT2D eigenvalue weighted by Crippen LogP contribution is -2.16. The van der Waals surface area contributed by atoms with Gasteiger partial charge < -0.3 is 0 Å². The molecule has 1 N–H and O–H groups in total.